The van der Waals surface area contributed by atoms with E-state index in [-0.39, 0.29) is 0 Å². The quantitative estimate of drug-likeness (QED) is 0.143. The van der Waals surface area contributed by atoms with Crippen LogP contribution in [-0.4, -0.2) is 0 Å². The van der Waals surface area contributed by atoms with Gasteiger partial charge in [0.2, 0.25) is 0 Å². The van der Waals surface area contributed by atoms with Crippen LogP contribution in [0.5, 0.6) is 0 Å². The van der Waals surface area contributed by atoms with Crippen LogP contribution < -0.4 is 0 Å². The van der Waals surface area contributed by atoms with Crippen LogP contribution in [0.2, 0.25) is 0 Å². The minimum absolute atomic E-state index is 1.23. The van der Waals surface area contributed by atoms with Crippen LogP contribution in [-0.2, 0) is 0 Å². The van der Waals surface area contributed by atoms with Gasteiger partial charge in [-0.1, -0.05) is 176 Å². The minimum atomic E-state index is 1.23. The molecule has 0 unspecified atom stereocenters. The Morgan fingerprint density at radius 3 is 1.39 bits per heavy atom. The first kappa shape index (κ1) is 26.4. The van der Waals surface area contributed by atoms with Crippen LogP contribution in [0, 0.1) is 0 Å². The summed E-state index contributed by atoms with van der Waals surface area (Å²) in [6.07, 6.45) is 0. The Kier molecular flexibility index (Phi) is 6.25. The molecule has 0 atom stereocenters. The lowest BCUT2D eigenvalue weighted by Gasteiger charge is -2.18. The Hall–Kier alpha value is -5.98. The molecule has 0 saturated carbocycles. The van der Waals surface area contributed by atoms with Gasteiger partial charge in [0, 0.05) is 0 Å². The third-order valence-corrected chi connectivity index (χ3v) is 9.46. The zero-order valence-electron chi connectivity index (χ0n) is 25.3. The van der Waals surface area contributed by atoms with Crippen LogP contribution in [0.4, 0.5) is 0 Å². The maximum absolute atomic E-state index is 2.38. The highest BCUT2D eigenvalue weighted by Crippen LogP contribution is 2.45. The second kappa shape index (κ2) is 10.9. The summed E-state index contributed by atoms with van der Waals surface area (Å²) in [5, 5.41) is 10.2. The maximum Gasteiger partial charge on any atom is -0.00262 e. The molecule has 0 saturated heterocycles. The Bertz CT molecular complexity index is 2500. The van der Waals surface area contributed by atoms with Crippen molar-refractivity contribution in [1.82, 2.24) is 0 Å². The molecule has 0 aliphatic rings. The van der Waals surface area contributed by atoms with Crippen molar-refractivity contribution in [2.24, 2.45) is 0 Å². The van der Waals surface area contributed by atoms with Crippen molar-refractivity contribution in [3.8, 4) is 44.5 Å². The van der Waals surface area contributed by atoms with E-state index in [0.717, 1.165) is 0 Å². The van der Waals surface area contributed by atoms with Crippen LogP contribution in [0.15, 0.2) is 182 Å². The normalized spacial score (nSPS) is 11.5. The van der Waals surface area contributed by atoms with Crippen LogP contribution in [0.3, 0.4) is 0 Å². The first-order valence-corrected chi connectivity index (χ1v) is 15.9. The second-order valence-corrected chi connectivity index (χ2v) is 12.1. The number of benzene rings is 9. The van der Waals surface area contributed by atoms with Gasteiger partial charge in [0.25, 0.3) is 0 Å². The largest absolute Gasteiger partial charge is 0.0622 e. The summed E-state index contributed by atoms with van der Waals surface area (Å²) >= 11 is 0. The molecule has 0 heterocycles. The van der Waals surface area contributed by atoms with Gasteiger partial charge < -0.3 is 0 Å². The molecule has 0 bridgehead atoms. The van der Waals surface area contributed by atoms with Gasteiger partial charge in [-0.3, -0.25) is 0 Å². The topological polar surface area (TPSA) is 0 Å². The summed E-state index contributed by atoms with van der Waals surface area (Å²) in [5.41, 5.74) is 9.98. The zero-order chi connectivity index (χ0) is 30.5. The average molecular weight is 583 g/mol. The molecular weight excluding hydrogens is 553 g/mol. The smallest absolute Gasteiger partial charge is 0.00262 e. The molecule has 0 aromatic heterocycles. The molecule has 0 radical (unpaired) electrons. The van der Waals surface area contributed by atoms with Crippen molar-refractivity contribution in [2.75, 3.05) is 0 Å². The SMILES string of the molecule is c1ccc(-c2ccc(-c3c4ccccc4c(-c4cccc(-c5cccc6c5ccc5ccccc56)c4)c4ccccc34)cc2)cc1. The van der Waals surface area contributed by atoms with E-state index >= 15 is 0 Å². The van der Waals surface area contributed by atoms with E-state index in [4.69, 9.17) is 0 Å². The first-order valence-electron chi connectivity index (χ1n) is 15.9. The lowest BCUT2D eigenvalue weighted by atomic mass is 9.85. The predicted octanol–water partition coefficient (Wildman–Crippen LogP) is 13.0. The fraction of sp³-hybridized carbons (Fsp3) is 0. The van der Waals surface area contributed by atoms with Crippen molar-refractivity contribution in [1.29, 1.82) is 0 Å². The molecule has 0 heteroatoms. The fourth-order valence-corrected chi connectivity index (χ4v) is 7.34. The highest BCUT2D eigenvalue weighted by atomic mass is 14.2. The molecule has 46 heavy (non-hydrogen) atoms. The average Bonchev–Trinajstić information content (AvgIpc) is 3.14. The van der Waals surface area contributed by atoms with Crippen LogP contribution in [0.1, 0.15) is 0 Å². The molecule has 0 N–H and O–H groups in total. The van der Waals surface area contributed by atoms with Crippen molar-refractivity contribution in [2.45, 2.75) is 0 Å². The Balaban J connectivity index is 1.25. The molecule has 0 amide bonds. The monoisotopic (exact) mass is 582 g/mol. The van der Waals surface area contributed by atoms with E-state index in [2.05, 4.69) is 182 Å². The molecule has 0 fully saturated rings. The highest BCUT2D eigenvalue weighted by Gasteiger charge is 2.17. The van der Waals surface area contributed by atoms with E-state index in [1.54, 1.807) is 0 Å². The Morgan fingerprint density at radius 1 is 0.217 bits per heavy atom. The molecule has 0 aliphatic carbocycles. The summed E-state index contributed by atoms with van der Waals surface area (Å²) in [4.78, 5) is 0. The van der Waals surface area contributed by atoms with Crippen molar-refractivity contribution >= 4 is 43.1 Å². The van der Waals surface area contributed by atoms with Crippen LogP contribution in [0.25, 0.3) is 87.6 Å². The first-order chi connectivity index (χ1) is 22.8. The van der Waals surface area contributed by atoms with Gasteiger partial charge in [0.15, 0.2) is 0 Å². The van der Waals surface area contributed by atoms with Gasteiger partial charge in [-0.05, 0) is 93.7 Å². The van der Waals surface area contributed by atoms with Gasteiger partial charge in [0.1, 0.15) is 0 Å². The molecule has 9 aromatic carbocycles. The van der Waals surface area contributed by atoms with E-state index in [0.29, 0.717) is 0 Å². The van der Waals surface area contributed by atoms with Crippen molar-refractivity contribution in [3.05, 3.63) is 182 Å². The third kappa shape index (κ3) is 4.30. The highest BCUT2D eigenvalue weighted by molar-refractivity contribution is 6.21. The van der Waals surface area contributed by atoms with Gasteiger partial charge >= 0.3 is 0 Å². The van der Waals surface area contributed by atoms with Crippen molar-refractivity contribution < 1.29 is 0 Å². The molecule has 0 nitrogen and oxygen atoms in total. The Labute approximate surface area is 268 Å². The molecule has 214 valence electrons. The van der Waals surface area contributed by atoms with Gasteiger partial charge in [-0.25, -0.2) is 0 Å². The van der Waals surface area contributed by atoms with E-state index in [1.165, 1.54) is 87.6 Å². The minimum Gasteiger partial charge on any atom is -0.0622 e. The van der Waals surface area contributed by atoms with Gasteiger partial charge in [0.05, 0.1) is 0 Å². The zero-order valence-corrected chi connectivity index (χ0v) is 25.3. The molecule has 0 spiro atoms. The molecule has 9 aromatic rings. The summed E-state index contributed by atoms with van der Waals surface area (Å²) in [6.45, 7) is 0. The summed E-state index contributed by atoms with van der Waals surface area (Å²) < 4.78 is 0. The molecule has 0 aliphatic heterocycles. The standard InChI is InChI=1S/C46H30/c1-2-12-31(13-3-1)32-24-26-34(27-25-32)45-41-18-6-8-20-43(41)46(44-21-9-7-19-42(44)45)36-16-10-15-35(30-36)38-22-11-23-39-37-17-5-4-14-33(37)28-29-40(38)39/h1-30H. The second-order valence-electron chi connectivity index (χ2n) is 12.1. The number of fused-ring (bicyclic) bond motifs is 5. The summed E-state index contributed by atoms with van der Waals surface area (Å²) in [6, 6.07) is 66.5. The fourth-order valence-electron chi connectivity index (χ4n) is 7.34. The van der Waals surface area contributed by atoms with E-state index in [1.807, 2.05) is 0 Å². The Morgan fingerprint density at radius 2 is 0.696 bits per heavy atom. The van der Waals surface area contributed by atoms with E-state index < -0.39 is 0 Å². The lowest BCUT2D eigenvalue weighted by Crippen LogP contribution is -1.91. The van der Waals surface area contributed by atoms with Gasteiger partial charge in [-0.2, -0.15) is 0 Å². The third-order valence-electron chi connectivity index (χ3n) is 9.46. The van der Waals surface area contributed by atoms with E-state index in [9.17, 15) is 0 Å². The van der Waals surface area contributed by atoms with Crippen molar-refractivity contribution in [3.63, 3.8) is 0 Å². The summed E-state index contributed by atoms with van der Waals surface area (Å²) in [5.74, 6) is 0. The number of hydrogen-bond donors (Lipinski definition) is 0. The number of hydrogen-bond acceptors (Lipinski definition) is 0. The maximum atomic E-state index is 2.38. The molecule has 9 rings (SSSR count). The molecular formula is C46H30. The predicted molar refractivity (Wildman–Crippen MR) is 198 cm³/mol. The lowest BCUT2D eigenvalue weighted by molar-refractivity contribution is 1.61. The summed E-state index contributed by atoms with van der Waals surface area (Å²) in [7, 11) is 0. The van der Waals surface area contributed by atoms with Gasteiger partial charge in [-0.15, -0.1) is 0 Å². The van der Waals surface area contributed by atoms with Crippen LogP contribution >= 0.6 is 0 Å². The number of rotatable bonds is 4.